The number of para-hydroxylation sites is 1. The maximum absolute atomic E-state index is 6.26. The van der Waals surface area contributed by atoms with E-state index in [1.54, 1.807) is 11.3 Å². The minimum absolute atomic E-state index is 0.669. The zero-order valence-electron chi connectivity index (χ0n) is 25.9. The Balaban J connectivity index is 1.21. The van der Waals surface area contributed by atoms with E-state index in [1.165, 1.54) is 20.2 Å². The number of rotatable bonds is 4. The number of nitrogens with zero attached hydrogens (tertiary/aromatic N) is 3. The SMILES string of the molecule is C1=CC(c2nc(-c3cccc4c(-c5cccc6oc7ccccc7c56)cccc34)nc(-c3cccc4c3sc3ccccc34)n2)=CCC1. The van der Waals surface area contributed by atoms with Gasteiger partial charge in [-0.05, 0) is 59.0 Å². The largest absolute Gasteiger partial charge is 0.456 e. The van der Waals surface area contributed by atoms with Gasteiger partial charge in [-0.2, -0.15) is 0 Å². The molecule has 0 spiro atoms. The summed E-state index contributed by atoms with van der Waals surface area (Å²) in [5, 5.41) is 6.96. The molecule has 0 fully saturated rings. The van der Waals surface area contributed by atoms with Crippen molar-refractivity contribution in [2.45, 2.75) is 12.8 Å². The highest BCUT2D eigenvalue weighted by Gasteiger charge is 2.20. The van der Waals surface area contributed by atoms with Crippen LogP contribution in [0, 0.1) is 0 Å². The smallest absolute Gasteiger partial charge is 0.165 e. The minimum atomic E-state index is 0.669. The number of allylic oxidation sites excluding steroid dienone is 4. The summed E-state index contributed by atoms with van der Waals surface area (Å²) in [4.78, 5) is 15.5. The van der Waals surface area contributed by atoms with Gasteiger partial charge in [-0.15, -0.1) is 11.3 Å². The molecule has 0 radical (unpaired) electrons. The third-order valence-electron chi connectivity index (χ3n) is 9.39. The Hall–Kier alpha value is -5.91. The fourth-order valence-corrected chi connectivity index (χ4v) is 8.40. The predicted octanol–water partition coefficient (Wildman–Crippen LogP) is 12.0. The summed E-state index contributed by atoms with van der Waals surface area (Å²) in [7, 11) is 0. The highest BCUT2D eigenvalue weighted by molar-refractivity contribution is 7.26. The fraction of sp³-hybridized carbons (Fsp3) is 0.0465. The second-order valence-corrected chi connectivity index (χ2v) is 13.3. The maximum atomic E-state index is 6.26. The quantitative estimate of drug-likeness (QED) is 0.193. The molecular weight excluding hydrogens is 607 g/mol. The van der Waals surface area contributed by atoms with E-state index < -0.39 is 0 Å². The number of benzene rings is 6. The Morgan fingerprint density at radius 1 is 0.479 bits per heavy atom. The zero-order valence-corrected chi connectivity index (χ0v) is 26.7. The van der Waals surface area contributed by atoms with Crippen LogP contribution in [0.4, 0.5) is 0 Å². The van der Waals surface area contributed by atoms with Gasteiger partial charge in [-0.1, -0.05) is 115 Å². The van der Waals surface area contributed by atoms with Crippen molar-refractivity contribution in [3.8, 4) is 33.9 Å². The van der Waals surface area contributed by atoms with Crippen LogP contribution in [0.25, 0.3) is 92.4 Å². The molecule has 0 unspecified atom stereocenters. The molecule has 9 aromatic rings. The topological polar surface area (TPSA) is 51.8 Å². The van der Waals surface area contributed by atoms with Crippen molar-refractivity contribution in [1.29, 1.82) is 0 Å². The van der Waals surface area contributed by atoms with Crippen LogP contribution in [0.2, 0.25) is 0 Å². The first-order valence-corrected chi connectivity index (χ1v) is 17.1. The first-order valence-electron chi connectivity index (χ1n) is 16.3. The van der Waals surface area contributed by atoms with Gasteiger partial charge in [0.15, 0.2) is 17.5 Å². The normalized spacial score (nSPS) is 13.3. The van der Waals surface area contributed by atoms with Gasteiger partial charge < -0.3 is 4.42 Å². The lowest BCUT2D eigenvalue weighted by molar-refractivity contribution is 0.669. The van der Waals surface area contributed by atoms with Crippen molar-refractivity contribution >= 4 is 69.8 Å². The van der Waals surface area contributed by atoms with Crippen molar-refractivity contribution in [2.24, 2.45) is 0 Å². The molecule has 3 heterocycles. The summed E-state index contributed by atoms with van der Waals surface area (Å²) in [5.74, 6) is 2.06. The van der Waals surface area contributed by atoms with Crippen LogP contribution in [-0.4, -0.2) is 15.0 Å². The molecule has 6 aromatic carbocycles. The molecule has 1 aliphatic rings. The molecule has 5 heteroatoms. The molecule has 0 bridgehead atoms. The van der Waals surface area contributed by atoms with Gasteiger partial charge in [-0.25, -0.2) is 15.0 Å². The number of hydrogen-bond acceptors (Lipinski definition) is 5. The molecule has 0 saturated carbocycles. The summed E-state index contributed by atoms with van der Waals surface area (Å²) in [5.41, 5.74) is 7.11. The Labute approximate surface area is 280 Å². The lowest BCUT2D eigenvalue weighted by Crippen LogP contribution is -2.03. The molecular formula is C43H27N3OS. The lowest BCUT2D eigenvalue weighted by Gasteiger charge is -2.14. The Bertz CT molecular complexity index is 2800. The van der Waals surface area contributed by atoms with Crippen LogP contribution in [0.5, 0.6) is 0 Å². The van der Waals surface area contributed by atoms with Crippen molar-refractivity contribution in [3.05, 3.63) is 145 Å². The average Bonchev–Trinajstić information content (AvgIpc) is 3.73. The maximum Gasteiger partial charge on any atom is 0.165 e. The highest BCUT2D eigenvalue weighted by Crippen LogP contribution is 2.42. The van der Waals surface area contributed by atoms with Crippen molar-refractivity contribution < 1.29 is 4.42 Å². The summed E-state index contributed by atoms with van der Waals surface area (Å²) in [6, 6.07) is 42.6. The molecule has 1 aliphatic carbocycles. The summed E-state index contributed by atoms with van der Waals surface area (Å²) in [6.45, 7) is 0. The monoisotopic (exact) mass is 633 g/mol. The van der Waals surface area contributed by atoms with Gasteiger partial charge in [0.05, 0.1) is 0 Å². The Kier molecular flexibility index (Phi) is 6.14. The number of fused-ring (bicyclic) bond motifs is 7. The van der Waals surface area contributed by atoms with Gasteiger partial charge in [0.2, 0.25) is 0 Å². The van der Waals surface area contributed by atoms with Gasteiger partial charge in [-0.3, -0.25) is 0 Å². The molecule has 0 aliphatic heterocycles. The van der Waals surface area contributed by atoms with Crippen molar-refractivity contribution in [1.82, 2.24) is 15.0 Å². The first kappa shape index (κ1) is 27.2. The van der Waals surface area contributed by atoms with E-state index in [1.807, 2.05) is 12.1 Å². The molecule has 3 aromatic heterocycles. The van der Waals surface area contributed by atoms with Gasteiger partial charge in [0, 0.05) is 47.6 Å². The second-order valence-electron chi connectivity index (χ2n) is 12.2. The molecule has 0 atom stereocenters. The zero-order chi connectivity index (χ0) is 31.6. The minimum Gasteiger partial charge on any atom is -0.456 e. The van der Waals surface area contributed by atoms with Crippen LogP contribution in [-0.2, 0) is 0 Å². The Morgan fingerprint density at radius 3 is 1.96 bits per heavy atom. The average molecular weight is 634 g/mol. The summed E-state index contributed by atoms with van der Waals surface area (Å²) >= 11 is 1.79. The first-order chi connectivity index (χ1) is 23.8. The van der Waals surface area contributed by atoms with E-state index in [-0.39, 0.29) is 0 Å². The molecule has 10 rings (SSSR count). The fourth-order valence-electron chi connectivity index (χ4n) is 7.19. The number of aromatic nitrogens is 3. The predicted molar refractivity (Wildman–Crippen MR) is 200 cm³/mol. The second kappa shape index (κ2) is 10.8. The standard InChI is InChI=1S/C43H27N3OS/c1-2-12-26(13-3-1)41-44-42(46-43(45-41)35-22-10-20-32-30-14-5-7-25-38(30)48-40(32)35)33-21-9-16-27-28(17-8-18-29(27)33)31-19-11-24-37-39(31)34-15-4-6-23-36(34)47-37/h2,4-25H,1,3H2. The number of hydrogen-bond donors (Lipinski definition) is 0. The molecule has 226 valence electrons. The molecule has 0 N–H and O–H groups in total. The molecule has 48 heavy (non-hydrogen) atoms. The molecule has 0 saturated heterocycles. The number of thiophene rings is 1. The Morgan fingerprint density at radius 2 is 1.10 bits per heavy atom. The third kappa shape index (κ3) is 4.25. The molecule has 4 nitrogen and oxygen atoms in total. The van der Waals surface area contributed by atoms with Gasteiger partial charge >= 0.3 is 0 Å². The van der Waals surface area contributed by atoms with E-state index in [4.69, 9.17) is 19.4 Å². The van der Waals surface area contributed by atoms with E-state index in [9.17, 15) is 0 Å². The van der Waals surface area contributed by atoms with E-state index in [0.29, 0.717) is 17.5 Å². The van der Waals surface area contributed by atoms with E-state index in [0.717, 1.165) is 73.4 Å². The number of furan rings is 1. The van der Waals surface area contributed by atoms with Crippen LogP contribution in [0.3, 0.4) is 0 Å². The third-order valence-corrected chi connectivity index (χ3v) is 10.6. The van der Waals surface area contributed by atoms with Crippen LogP contribution in [0.1, 0.15) is 18.7 Å². The van der Waals surface area contributed by atoms with E-state index in [2.05, 4.69) is 127 Å². The van der Waals surface area contributed by atoms with Crippen LogP contribution in [0.15, 0.2) is 144 Å². The van der Waals surface area contributed by atoms with E-state index >= 15 is 0 Å². The highest BCUT2D eigenvalue weighted by atomic mass is 32.1. The molecule has 0 amide bonds. The van der Waals surface area contributed by atoms with Crippen LogP contribution < -0.4 is 0 Å². The lowest BCUT2D eigenvalue weighted by atomic mass is 9.93. The summed E-state index contributed by atoms with van der Waals surface area (Å²) < 4.78 is 8.71. The van der Waals surface area contributed by atoms with Crippen molar-refractivity contribution in [3.63, 3.8) is 0 Å². The van der Waals surface area contributed by atoms with Crippen LogP contribution >= 0.6 is 11.3 Å². The van der Waals surface area contributed by atoms with Crippen molar-refractivity contribution in [2.75, 3.05) is 0 Å². The summed E-state index contributed by atoms with van der Waals surface area (Å²) in [6.07, 6.45) is 8.58. The van der Waals surface area contributed by atoms with Gasteiger partial charge in [0.1, 0.15) is 11.2 Å². The van der Waals surface area contributed by atoms with Gasteiger partial charge in [0.25, 0.3) is 0 Å².